The fourth-order valence-corrected chi connectivity index (χ4v) is 2.58. The zero-order chi connectivity index (χ0) is 18.9. The van der Waals surface area contributed by atoms with Gasteiger partial charge in [-0.3, -0.25) is 9.59 Å². The van der Waals surface area contributed by atoms with Crippen LogP contribution >= 0.6 is 11.6 Å². The maximum absolute atomic E-state index is 12.0. The molecule has 0 aliphatic heterocycles. The molecule has 26 heavy (non-hydrogen) atoms. The van der Waals surface area contributed by atoms with Gasteiger partial charge in [0, 0.05) is 35.7 Å². The number of nitrogens with one attached hydrogen (secondary N) is 2. The number of anilines is 1. The Morgan fingerprint density at radius 2 is 1.73 bits per heavy atom. The Hall–Kier alpha value is -2.66. The highest BCUT2D eigenvalue weighted by molar-refractivity contribution is 6.30. The van der Waals surface area contributed by atoms with E-state index in [4.69, 9.17) is 11.6 Å². The van der Waals surface area contributed by atoms with Crippen molar-refractivity contribution in [2.75, 3.05) is 5.32 Å². The first-order chi connectivity index (χ1) is 12.4. The van der Waals surface area contributed by atoms with Crippen LogP contribution in [-0.2, 0) is 16.0 Å². The van der Waals surface area contributed by atoms with Gasteiger partial charge in [0.25, 0.3) is 0 Å². The minimum atomic E-state index is -0.291. The van der Waals surface area contributed by atoms with E-state index in [1.54, 1.807) is 18.2 Å². The van der Waals surface area contributed by atoms with Gasteiger partial charge in [0.2, 0.25) is 11.8 Å². The summed E-state index contributed by atoms with van der Waals surface area (Å²) in [5, 5.41) is 7.47. The third-order valence-electron chi connectivity index (χ3n) is 3.72. The van der Waals surface area contributed by atoms with Gasteiger partial charge in [-0.15, -0.1) is 0 Å². The van der Waals surface area contributed by atoms with Crippen LogP contribution in [0.2, 0.25) is 5.02 Å². The van der Waals surface area contributed by atoms with Gasteiger partial charge in [-0.1, -0.05) is 41.9 Å². The molecule has 6 heteroatoms. The molecule has 0 spiro atoms. The van der Waals surface area contributed by atoms with Crippen LogP contribution in [0.5, 0.6) is 0 Å². The number of hydrogen-bond acceptors (Lipinski definition) is 3. The summed E-state index contributed by atoms with van der Waals surface area (Å²) in [4.78, 5) is 23.8. The van der Waals surface area contributed by atoms with Crippen molar-refractivity contribution in [1.82, 2.24) is 5.43 Å². The van der Waals surface area contributed by atoms with Crippen LogP contribution in [0, 0.1) is 6.92 Å². The number of hydrogen-bond donors (Lipinski definition) is 2. The predicted octanol–water partition coefficient (Wildman–Crippen LogP) is 4.10. The number of nitrogens with zero attached hydrogens (tertiary/aromatic N) is 1. The van der Waals surface area contributed by atoms with Crippen LogP contribution in [-0.4, -0.2) is 17.5 Å². The minimum absolute atomic E-state index is 0.0700. The summed E-state index contributed by atoms with van der Waals surface area (Å²) in [6, 6.07) is 15.1. The number of rotatable bonds is 7. The molecule has 0 saturated carbocycles. The lowest BCUT2D eigenvalue weighted by molar-refractivity contribution is -0.124. The fraction of sp³-hybridized carbons (Fsp3) is 0.250. The molecule has 2 N–H and O–H groups in total. The molecular weight excluding hydrogens is 350 g/mol. The zero-order valence-corrected chi connectivity index (χ0v) is 15.6. The fourth-order valence-electron chi connectivity index (χ4n) is 2.35. The smallest absolute Gasteiger partial charge is 0.240 e. The second-order valence-corrected chi connectivity index (χ2v) is 6.49. The maximum Gasteiger partial charge on any atom is 0.240 e. The molecule has 0 unspecified atom stereocenters. The van der Waals surface area contributed by atoms with E-state index < -0.39 is 0 Å². The lowest BCUT2D eigenvalue weighted by Crippen LogP contribution is -2.22. The first-order valence-electron chi connectivity index (χ1n) is 8.36. The average molecular weight is 372 g/mol. The molecule has 0 aromatic heterocycles. The summed E-state index contributed by atoms with van der Waals surface area (Å²) < 4.78 is 0. The van der Waals surface area contributed by atoms with Crippen LogP contribution in [0.3, 0.4) is 0 Å². The second kappa shape index (κ2) is 9.73. The van der Waals surface area contributed by atoms with Gasteiger partial charge in [0.05, 0.1) is 0 Å². The molecule has 0 heterocycles. The van der Waals surface area contributed by atoms with E-state index in [0.717, 1.165) is 16.8 Å². The van der Waals surface area contributed by atoms with E-state index in [2.05, 4.69) is 15.8 Å². The number of carbonyl (C=O) groups is 2. The topological polar surface area (TPSA) is 70.6 Å². The summed E-state index contributed by atoms with van der Waals surface area (Å²) in [6.07, 6.45) is 0.819. The van der Waals surface area contributed by atoms with Gasteiger partial charge in [-0.2, -0.15) is 5.10 Å². The highest BCUT2D eigenvalue weighted by Crippen LogP contribution is 2.19. The van der Waals surface area contributed by atoms with Gasteiger partial charge in [-0.05, 0) is 43.2 Å². The number of amides is 2. The largest absolute Gasteiger partial charge is 0.326 e. The summed E-state index contributed by atoms with van der Waals surface area (Å²) in [6.45, 7) is 3.71. The summed E-state index contributed by atoms with van der Waals surface area (Å²) in [5.74, 6) is -0.518. The molecule has 2 aromatic carbocycles. The van der Waals surface area contributed by atoms with Gasteiger partial charge in [0.1, 0.15) is 0 Å². The quantitative estimate of drug-likeness (QED) is 0.568. The Morgan fingerprint density at radius 1 is 1.04 bits per heavy atom. The van der Waals surface area contributed by atoms with Crippen LogP contribution in [0.4, 0.5) is 5.69 Å². The number of aryl methyl sites for hydroxylation is 1. The first kappa shape index (κ1) is 19.7. The van der Waals surface area contributed by atoms with Crippen molar-refractivity contribution in [3.63, 3.8) is 0 Å². The van der Waals surface area contributed by atoms with Gasteiger partial charge >= 0.3 is 0 Å². The van der Waals surface area contributed by atoms with Crippen molar-refractivity contribution in [2.24, 2.45) is 5.10 Å². The molecule has 2 aromatic rings. The molecule has 0 saturated heterocycles. The highest BCUT2D eigenvalue weighted by atomic mass is 35.5. The first-order valence-corrected chi connectivity index (χ1v) is 8.74. The summed E-state index contributed by atoms with van der Waals surface area (Å²) >= 11 is 5.89. The van der Waals surface area contributed by atoms with E-state index in [9.17, 15) is 9.59 Å². The Balaban J connectivity index is 1.75. The molecule has 0 bridgehead atoms. The van der Waals surface area contributed by atoms with E-state index in [1.807, 2.05) is 44.2 Å². The molecular formula is C20H22ClN3O2. The normalized spacial score (nSPS) is 11.1. The van der Waals surface area contributed by atoms with Gasteiger partial charge in [-0.25, -0.2) is 5.43 Å². The van der Waals surface area contributed by atoms with E-state index in [1.165, 1.54) is 0 Å². The van der Waals surface area contributed by atoms with Crippen molar-refractivity contribution in [1.29, 1.82) is 0 Å². The van der Waals surface area contributed by atoms with Crippen molar-refractivity contribution in [2.45, 2.75) is 33.1 Å². The van der Waals surface area contributed by atoms with Crippen LogP contribution < -0.4 is 10.7 Å². The average Bonchev–Trinajstić information content (AvgIpc) is 2.61. The standard InChI is InChI=1S/C20H22ClN3O2/c1-14-12-17(21)8-9-18(14)22-19(25)10-11-20(26)24-23-15(2)13-16-6-4-3-5-7-16/h3-9,12H,10-11,13H2,1-2H3,(H,22,25)(H,24,26)/b23-15-. The van der Waals surface area contributed by atoms with Crippen LogP contribution in [0.25, 0.3) is 0 Å². The molecule has 0 radical (unpaired) electrons. The minimum Gasteiger partial charge on any atom is -0.326 e. The Labute approximate surface area is 158 Å². The predicted molar refractivity (Wildman–Crippen MR) is 105 cm³/mol. The summed E-state index contributed by atoms with van der Waals surface area (Å²) in [7, 11) is 0. The molecule has 0 fully saturated rings. The number of hydrazone groups is 1. The van der Waals surface area contributed by atoms with Crippen LogP contribution in [0.15, 0.2) is 53.6 Å². The molecule has 2 rings (SSSR count). The SMILES string of the molecule is C/C(Cc1ccccc1)=N/NC(=O)CCC(=O)Nc1ccc(Cl)cc1C. The van der Waals surface area contributed by atoms with E-state index in [0.29, 0.717) is 17.1 Å². The van der Waals surface area contributed by atoms with E-state index >= 15 is 0 Å². The highest BCUT2D eigenvalue weighted by Gasteiger charge is 2.08. The molecule has 0 atom stereocenters. The van der Waals surface area contributed by atoms with Crippen molar-refractivity contribution >= 4 is 34.8 Å². The number of halogens is 1. The van der Waals surface area contributed by atoms with Gasteiger partial charge in [0.15, 0.2) is 0 Å². The van der Waals surface area contributed by atoms with Crippen molar-refractivity contribution in [3.05, 3.63) is 64.7 Å². The maximum atomic E-state index is 12.0. The third kappa shape index (κ3) is 6.69. The molecule has 0 aliphatic carbocycles. The second-order valence-electron chi connectivity index (χ2n) is 6.05. The zero-order valence-electron chi connectivity index (χ0n) is 14.9. The molecule has 0 aliphatic rings. The Bertz CT molecular complexity index is 804. The Morgan fingerprint density at radius 3 is 2.42 bits per heavy atom. The van der Waals surface area contributed by atoms with Crippen molar-refractivity contribution in [3.8, 4) is 0 Å². The lowest BCUT2D eigenvalue weighted by Gasteiger charge is -2.08. The molecule has 2 amide bonds. The lowest BCUT2D eigenvalue weighted by atomic mass is 10.1. The third-order valence-corrected chi connectivity index (χ3v) is 3.95. The number of benzene rings is 2. The Kier molecular flexibility index (Phi) is 7.36. The van der Waals surface area contributed by atoms with E-state index in [-0.39, 0.29) is 24.7 Å². The van der Waals surface area contributed by atoms with Crippen molar-refractivity contribution < 1.29 is 9.59 Å². The van der Waals surface area contributed by atoms with Gasteiger partial charge < -0.3 is 5.32 Å². The molecule has 5 nitrogen and oxygen atoms in total. The van der Waals surface area contributed by atoms with Crippen LogP contribution in [0.1, 0.15) is 30.9 Å². The molecule has 136 valence electrons. The number of carbonyl (C=O) groups excluding carboxylic acids is 2. The monoisotopic (exact) mass is 371 g/mol. The summed E-state index contributed by atoms with van der Waals surface area (Å²) in [5.41, 5.74) is 5.98.